The van der Waals surface area contributed by atoms with Crippen LogP contribution in [0.5, 0.6) is 0 Å². The molecule has 0 aromatic heterocycles. The highest BCUT2D eigenvalue weighted by molar-refractivity contribution is 5.97. The number of aliphatic carboxylic acids is 1. The van der Waals surface area contributed by atoms with Gasteiger partial charge in [-0.25, -0.2) is 0 Å². The highest BCUT2D eigenvalue weighted by Crippen LogP contribution is 2.32. The van der Waals surface area contributed by atoms with E-state index >= 15 is 0 Å². The zero-order valence-corrected chi connectivity index (χ0v) is 12.5. The largest absolute Gasteiger partial charge is 0.480 e. The minimum atomic E-state index is -0.909. The number of benzene rings is 1. The van der Waals surface area contributed by atoms with Crippen molar-refractivity contribution in [2.45, 2.75) is 25.3 Å². The Balaban J connectivity index is 1.76. The number of carboxylic acid groups (broad SMARTS) is 1. The molecule has 0 bridgehead atoms. The molecule has 2 aliphatic rings. The molecule has 1 amide bonds. The molecule has 0 saturated carbocycles. The molecule has 2 heterocycles. The van der Waals surface area contributed by atoms with Gasteiger partial charge in [-0.3, -0.25) is 24.6 Å². The summed E-state index contributed by atoms with van der Waals surface area (Å²) in [4.78, 5) is 37.3. The Hall–Kier alpha value is -2.48. The van der Waals surface area contributed by atoms with Gasteiger partial charge in [-0.15, -0.1) is 0 Å². The third kappa shape index (κ3) is 2.89. The first-order valence-corrected chi connectivity index (χ1v) is 7.52. The number of hydrogen-bond donors (Lipinski definition) is 1. The molecule has 8 nitrogen and oxygen atoms in total. The Morgan fingerprint density at radius 1 is 1.35 bits per heavy atom. The Morgan fingerprint density at radius 3 is 2.83 bits per heavy atom. The van der Waals surface area contributed by atoms with E-state index in [0.717, 1.165) is 12.0 Å². The van der Waals surface area contributed by atoms with Crippen molar-refractivity contribution in [2.24, 2.45) is 0 Å². The Labute approximate surface area is 132 Å². The maximum atomic E-state index is 12.5. The number of carbonyl (C=O) groups is 2. The van der Waals surface area contributed by atoms with Crippen LogP contribution in [0.25, 0.3) is 0 Å². The van der Waals surface area contributed by atoms with Gasteiger partial charge in [0.25, 0.3) is 5.69 Å². The molecule has 23 heavy (non-hydrogen) atoms. The predicted octanol–water partition coefficient (Wildman–Crippen LogP) is 1.03. The molecule has 0 spiro atoms. The maximum Gasteiger partial charge on any atom is 0.320 e. The van der Waals surface area contributed by atoms with Gasteiger partial charge >= 0.3 is 5.97 Å². The van der Waals surface area contributed by atoms with E-state index in [1.54, 1.807) is 11.0 Å². The summed E-state index contributed by atoms with van der Waals surface area (Å²) in [6.07, 6.45) is 1.96. The first kappa shape index (κ1) is 15.4. The number of likely N-dealkylation sites (tertiary alicyclic amines) is 1. The summed E-state index contributed by atoms with van der Waals surface area (Å²) < 4.78 is 0. The van der Waals surface area contributed by atoms with E-state index in [2.05, 4.69) is 0 Å². The second-order valence-electron chi connectivity index (χ2n) is 5.83. The summed E-state index contributed by atoms with van der Waals surface area (Å²) in [6, 6.07) is 3.91. The minimum Gasteiger partial charge on any atom is -0.480 e. The van der Waals surface area contributed by atoms with Gasteiger partial charge in [0.05, 0.1) is 17.2 Å². The number of carboxylic acids is 1. The van der Waals surface area contributed by atoms with Crippen LogP contribution in [0.2, 0.25) is 0 Å². The number of nitro benzene ring substituents is 1. The van der Waals surface area contributed by atoms with Crippen molar-refractivity contribution in [1.29, 1.82) is 0 Å². The third-order valence-corrected chi connectivity index (χ3v) is 4.46. The van der Waals surface area contributed by atoms with Crippen molar-refractivity contribution in [2.75, 3.05) is 24.5 Å². The molecule has 3 rings (SSSR count). The van der Waals surface area contributed by atoms with Crippen LogP contribution >= 0.6 is 0 Å². The van der Waals surface area contributed by atoms with Gasteiger partial charge in [-0.05, 0) is 31.4 Å². The topological polar surface area (TPSA) is 104 Å². The van der Waals surface area contributed by atoms with Gasteiger partial charge in [-0.1, -0.05) is 6.07 Å². The van der Waals surface area contributed by atoms with Gasteiger partial charge < -0.3 is 10.0 Å². The molecule has 0 aliphatic carbocycles. The van der Waals surface area contributed by atoms with E-state index in [4.69, 9.17) is 0 Å². The molecular formula is C15H17N3O5. The van der Waals surface area contributed by atoms with Crippen LogP contribution in [0.1, 0.15) is 18.4 Å². The first-order chi connectivity index (χ1) is 11.0. The summed E-state index contributed by atoms with van der Waals surface area (Å²) in [5.74, 6) is -1.12. The molecule has 122 valence electrons. The summed E-state index contributed by atoms with van der Waals surface area (Å²) in [5.41, 5.74) is 1.42. The van der Waals surface area contributed by atoms with Crippen molar-refractivity contribution in [3.63, 3.8) is 0 Å². The Morgan fingerprint density at radius 2 is 2.13 bits per heavy atom. The van der Waals surface area contributed by atoms with Crippen molar-refractivity contribution in [3.8, 4) is 0 Å². The number of amides is 1. The number of fused-ring (bicyclic) bond motifs is 1. The quantitative estimate of drug-likeness (QED) is 0.656. The number of nitro groups is 1. The lowest BCUT2D eigenvalue weighted by atomic mass is 10.1. The molecular weight excluding hydrogens is 302 g/mol. The average molecular weight is 319 g/mol. The van der Waals surface area contributed by atoms with Crippen LogP contribution in [0.3, 0.4) is 0 Å². The van der Waals surface area contributed by atoms with E-state index in [1.807, 2.05) is 0 Å². The van der Waals surface area contributed by atoms with Gasteiger partial charge in [0.15, 0.2) is 0 Å². The standard InChI is InChI=1S/C15H17N3O5/c19-14(9-16-6-1-2-12(16)15(20)21)17-7-5-10-3-4-11(18(22)23)8-13(10)17/h3-4,8,12H,1-2,5-7,9H2,(H,20,21). The van der Waals surface area contributed by atoms with E-state index < -0.39 is 16.9 Å². The molecule has 1 aromatic carbocycles. The van der Waals surface area contributed by atoms with E-state index in [9.17, 15) is 24.8 Å². The fourth-order valence-corrected chi connectivity index (χ4v) is 3.29. The molecule has 0 radical (unpaired) electrons. The second-order valence-corrected chi connectivity index (χ2v) is 5.83. The molecule has 1 unspecified atom stereocenters. The van der Waals surface area contributed by atoms with Crippen molar-refractivity contribution in [3.05, 3.63) is 33.9 Å². The zero-order chi connectivity index (χ0) is 16.6. The Bertz CT molecular complexity index is 675. The SMILES string of the molecule is O=C(O)C1CCCN1CC(=O)N1CCc2ccc([N+](=O)[O-])cc21. The minimum absolute atomic E-state index is 0.0269. The van der Waals surface area contributed by atoms with Crippen LogP contribution in [0, 0.1) is 10.1 Å². The summed E-state index contributed by atoms with van der Waals surface area (Å²) in [5, 5.41) is 20.1. The highest BCUT2D eigenvalue weighted by Gasteiger charge is 2.34. The smallest absolute Gasteiger partial charge is 0.320 e. The molecule has 1 fully saturated rings. The molecule has 8 heteroatoms. The number of rotatable bonds is 4. The fraction of sp³-hybridized carbons (Fsp3) is 0.467. The van der Waals surface area contributed by atoms with Crippen LogP contribution < -0.4 is 4.90 Å². The lowest BCUT2D eigenvalue weighted by Crippen LogP contribution is -2.44. The average Bonchev–Trinajstić information content (AvgIpc) is 3.12. The van der Waals surface area contributed by atoms with Gasteiger partial charge in [0, 0.05) is 18.7 Å². The number of nitrogens with zero attached hydrogens (tertiary/aromatic N) is 3. The van der Waals surface area contributed by atoms with Crippen molar-refractivity contribution in [1.82, 2.24) is 4.90 Å². The van der Waals surface area contributed by atoms with Crippen LogP contribution in [0.15, 0.2) is 18.2 Å². The van der Waals surface area contributed by atoms with E-state index in [0.29, 0.717) is 31.6 Å². The van der Waals surface area contributed by atoms with Gasteiger partial charge in [-0.2, -0.15) is 0 Å². The fourth-order valence-electron chi connectivity index (χ4n) is 3.29. The van der Waals surface area contributed by atoms with Crippen molar-refractivity contribution >= 4 is 23.3 Å². The predicted molar refractivity (Wildman–Crippen MR) is 81.4 cm³/mol. The summed E-state index contributed by atoms with van der Waals surface area (Å²) in [6.45, 7) is 1.08. The Kier molecular flexibility index (Phi) is 3.99. The van der Waals surface area contributed by atoms with E-state index in [-0.39, 0.29) is 18.1 Å². The second kappa shape index (κ2) is 5.96. The molecule has 1 aromatic rings. The van der Waals surface area contributed by atoms with Gasteiger partial charge in [0.2, 0.25) is 5.91 Å². The van der Waals surface area contributed by atoms with Crippen LogP contribution in [0.4, 0.5) is 11.4 Å². The number of non-ortho nitro benzene ring substituents is 1. The molecule has 1 N–H and O–H groups in total. The molecule has 1 saturated heterocycles. The first-order valence-electron chi connectivity index (χ1n) is 7.52. The number of hydrogen-bond acceptors (Lipinski definition) is 5. The number of carbonyl (C=O) groups excluding carboxylic acids is 1. The lowest BCUT2D eigenvalue weighted by Gasteiger charge is -2.24. The molecule has 1 atom stereocenters. The normalized spacial score (nSPS) is 20.5. The monoisotopic (exact) mass is 319 g/mol. The third-order valence-electron chi connectivity index (χ3n) is 4.46. The highest BCUT2D eigenvalue weighted by atomic mass is 16.6. The number of anilines is 1. The maximum absolute atomic E-state index is 12.5. The van der Waals surface area contributed by atoms with Crippen LogP contribution in [-0.4, -0.2) is 52.5 Å². The summed E-state index contributed by atoms with van der Waals surface area (Å²) in [7, 11) is 0. The van der Waals surface area contributed by atoms with Crippen LogP contribution in [-0.2, 0) is 16.0 Å². The lowest BCUT2D eigenvalue weighted by molar-refractivity contribution is -0.384. The zero-order valence-electron chi connectivity index (χ0n) is 12.5. The van der Waals surface area contributed by atoms with E-state index in [1.165, 1.54) is 17.0 Å². The molecule has 2 aliphatic heterocycles. The van der Waals surface area contributed by atoms with Crippen molar-refractivity contribution < 1.29 is 19.6 Å². The summed E-state index contributed by atoms with van der Waals surface area (Å²) >= 11 is 0. The van der Waals surface area contributed by atoms with Gasteiger partial charge in [0.1, 0.15) is 6.04 Å².